The second-order valence-electron chi connectivity index (χ2n) is 12.9. The van der Waals surface area contributed by atoms with Crippen molar-refractivity contribution >= 4 is 29.1 Å². The van der Waals surface area contributed by atoms with Crippen LogP contribution in [0.25, 0.3) is 0 Å². The highest BCUT2D eigenvalue weighted by Crippen LogP contribution is 2.63. The molecule has 8 nitrogen and oxygen atoms in total. The highest BCUT2D eigenvalue weighted by Gasteiger charge is 2.78. The Morgan fingerprint density at radius 3 is 2.22 bits per heavy atom. The Morgan fingerprint density at radius 2 is 1.58 bits per heavy atom. The van der Waals surface area contributed by atoms with Crippen LogP contribution in [0.1, 0.15) is 56.6 Å². The van der Waals surface area contributed by atoms with Gasteiger partial charge >= 0.3 is 0 Å². The molecule has 0 radical (unpaired) electrons. The van der Waals surface area contributed by atoms with Crippen molar-refractivity contribution in [3.63, 3.8) is 0 Å². The molecule has 0 saturated carbocycles. The van der Waals surface area contributed by atoms with Crippen molar-refractivity contribution in [1.82, 2.24) is 4.90 Å². The zero-order chi connectivity index (χ0) is 32.4. The van der Waals surface area contributed by atoms with E-state index < -0.39 is 29.1 Å². The Bertz CT molecular complexity index is 1420. The molecule has 3 fully saturated rings. The number of para-hydroxylation sites is 2. The molecule has 3 aliphatic heterocycles. The van der Waals surface area contributed by atoms with Gasteiger partial charge in [0.1, 0.15) is 11.6 Å². The number of hydrogen-bond acceptors (Lipinski definition) is 5. The molecule has 5 atom stereocenters. The standard InChI is InChI=1S/C37H47N3O5/c1-6-22-38(28-18-11-10-12-19-28)33(42)29-30-34(43)40(24-13-8-9-14-25-41)32(37(30)21-20-36(29,5)45-37)35(44)39(23-7-2)31-26(3)16-15-17-27(31)4/h6-7,10-12,15-19,29-30,32,41H,1-2,8-9,13-14,20-25H2,3-5H3/t29-,30+,32?,36+,37?/m1/s1. The fraction of sp³-hybridized carbons (Fsp3) is 0.486. The molecule has 2 aromatic carbocycles. The minimum Gasteiger partial charge on any atom is -0.396 e. The Kier molecular flexibility index (Phi) is 9.65. The normalized spacial score (nSPS) is 26.5. The Morgan fingerprint density at radius 1 is 0.933 bits per heavy atom. The molecule has 3 heterocycles. The number of rotatable bonds is 14. The summed E-state index contributed by atoms with van der Waals surface area (Å²) in [5.41, 5.74) is 1.44. The molecular weight excluding hydrogens is 566 g/mol. The summed E-state index contributed by atoms with van der Waals surface area (Å²) < 4.78 is 6.93. The van der Waals surface area contributed by atoms with Gasteiger partial charge in [0.05, 0.1) is 17.4 Å². The zero-order valence-corrected chi connectivity index (χ0v) is 26.9. The maximum absolute atomic E-state index is 15.0. The van der Waals surface area contributed by atoms with Crippen molar-refractivity contribution in [2.24, 2.45) is 11.8 Å². The van der Waals surface area contributed by atoms with Crippen molar-refractivity contribution in [3.05, 3.63) is 85.0 Å². The number of amides is 3. The summed E-state index contributed by atoms with van der Waals surface area (Å²) >= 11 is 0. The van der Waals surface area contributed by atoms with Gasteiger partial charge in [-0.05, 0) is 69.7 Å². The summed E-state index contributed by atoms with van der Waals surface area (Å²) in [6.45, 7) is 14.8. The van der Waals surface area contributed by atoms with Crippen molar-refractivity contribution in [1.29, 1.82) is 0 Å². The number of anilines is 2. The number of unbranched alkanes of at least 4 members (excludes halogenated alkanes) is 3. The SMILES string of the molecule is C=CCN(C(=O)[C@H]1[C@H]2C(=O)N(CCCCCCO)C(C(=O)N(CC=C)c3c(C)cccc3C)C23CC[C@]1(C)O3)c1ccccc1. The van der Waals surface area contributed by atoms with Crippen molar-refractivity contribution in [3.8, 4) is 0 Å². The molecule has 3 saturated heterocycles. The van der Waals surface area contributed by atoms with Gasteiger partial charge in [-0.3, -0.25) is 14.4 Å². The number of aliphatic hydroxyl groups excluding tert-OH is 1. The van der Waals surface area contributed by atoms with E-state index in [1.54, 1.807) is 26.9 Å². The molecule has 240 valence electrons. The van der Waals surface area contributed by atoms with Crippen molar-refractivity contribution < 1.29 is 24.2 Å². The summed E-state index contributed by atoms with van der Waals surface area (Å²) in [5.74, 6) is -2.11. The number of carbonyl (C=O) groups excluding carboxylic acids is 3. The molecule has 45 heavy (non-hydrogen) atoms. The lowest BCUT2D eigenvalue weighted by molar-refractivity contribution is -0.144. The number of ether oxygens (including phenoxy) is 1. The summed E-state index contributed by atoms with van der Waals surface area (Å²) in [6, 6.07) is 14.5. The highest BCUT2D eigenvalue weighted by molar-refractivity contribution is 6.07. The lowest BCUT2D eigenvalue weighted by Gasteiger charge is -2.37. The number of aliphatic hydroxyl groups is 1. The molecule has 2 bridgehead atoms. The van der Waals surface area contributed by atoms with Gasteiger partial charge in [-0.25, -0.2) is 0 Å². The summed E-state index contributed by atoms with van der Waals surface area (Å²) in [6.07, 6.45) is 7.52. The van der Waals surface area contributed by atoms with Crippen molar-refractivity contribution in [2.75, 3.05) is 36.0 Å². The van der Waals surface area contributed by atoms with Crippen LogP contribution in [-0.2, 0) is 19.1 Å². The Balaban J connectivity index is 1.58. The van der Waals surface area contributed by atoms with Gasteiger partial charge in [0, 0.05) is 37.6 Å². The third-order valence-electron chi connectivity index (χ3n) is 10.0. The summed E-state index contributed by atoms with van der Waals surface area (Å²) in [4.78, 5) is 49.3. The molecule has 2 aromatic rings. The van der Waals surface area contributed by atoms with Crippen LogP contribution in [0.4, 0.5) is 11.4 Å². The van der Waals surface area contributed by atoms with Crippen LogP contribution < -0.4 is 9.80 Å². The minimum atomic E-state index is -1.12. The van der Waals surface area contributed by atoms with E-state index in [0.29, 0.717) is 38.8 Å². The molecule has 5 rings (SSSR count). The van der Waals surface area contributed by atoms with E-state index >= 15 is 0 Å². The van der Waals surface area contributed by atoms with E-state index in [9.17, 15) is 19.5 Å². The van der Waals surface area contributed by atoms with Crippen LogP contribution in [-0.4, -0.2) is 71.2 Å². The average molecular weight is 614 g/mol. The first kappa shape index (κ1) is 32.6. The van der Waals surface area contributed by atoms with Crippen LogP contribution in [0.15, 0.2) is 73.8 Å². The molecule has 0 aliphatic carbocycles. The minimum absolute atomic E-state index is 0.125. The fourth-order valence-electron chi connectivity index (χ4n) is 8.10. The summed E-state index contributed by atoms with van der Waals surface area (Å²) in [7, 11) is 0. The first-order valence-electron chi connectivity index (χ1n) is 16.2. The lowest BCUT2D eigenvalue weighted by atomic mass is 9.66. The highest BCUT2D eigenvalue weighted by atomic mass is 16.5. The number of likely N-dealkylation sites (tertiary alicyclic amines) is 1. The molecule has 1 N–H and O–H groups in total. The van der Waals surface area contributed by atoms with E-state index in [2.05, 4.69) is 13.2 Å². The van der Waals surface area contributed by atoms with Gasteiger partial charge in [0.15, 0.2) is 0 Å². The average Bonchev–Trinajstić information content (AvgIpc) is 3.59. The van der Waals surface area contributed by atoms with Gasteiger partial charge in [-0.15, -0.1) is 13.2 Å². The smallest absolute Gasteiger partial charge is 0.253 e. The monoisotopic (exact) mass is 613 g/mol. The maximum atomic E-state index is 15.0. The quantitative estimate of drug-likeness (QED) is 0.229. The van der Waals surface area contributed by atoms with Gasteiger partial charge in [-0.2, -0.15) is 0 Å². The number of carbonyl (C=O) groups is 3. The Labute approximate surface area is 267 Å². The van der Waals surface area contributed by atoms with Crippen molar-refractivity contribution in [2.45, 2.75) is 76.5 Å². The fourth-order valence-corrected chi connectivity index (χ4v) is 8.10. The van der Waals surface area contributed by atoms with E-state index in [-0.39, 0.29) is 30.9 Å². The van der Waals surface area contributed by atoms with Crippen LogP contribution in [0.2, 0.25) is 0 Å². The molecule has 2 unspecified atom stereocenters. The number of benzene rings is 2. The number of hydrogen-bond donors (Lipinski definition) is 1. The zero-order valence-electron chi connectivity index (χ0n) is 26.9. The second kappa shape index (κ2) is 13.3. The van der Waals surface area contributed by atoms with Crippen LogP contribution >= 0.6 is 0 Å². The van der Waals surface area contributed by atoms with E-state index in [4.69, 9.17) is 4.74 Å². The molecule has 3 aliphatic rings. The van der Waals surface area contributed by atoms with Crippen LogP contribution in [0.3, 0.4) is 0 Å². The van der Waals surface area contributed by atoms with E-state index in [1.807, 2.05) is 69.3 Å². The molecular formula is C37H47N3O5. The van der Waals surface area contributed by atoms with Crippen LogP contribution in [0, 0.1) is 25.7 Å². The summed E-state index contributed by atoms with van der Waals surface area (Å²) in [5, 5.41) is 9.27. The molecule has 8 heteroatoms. The second-order valence-corrected chi connectivity index (χ2v) is 12.9. The van der Waals surface area contributed by atoms with E-state index in [0.717, 1.165) is 35.3 Å². The van der Waals surface area contributed by atoms with Crippen LogP contribution in [0.5, 0.6) is 0 Å². The number of aryl methyl sites for hydroxylation is 2. The number of fused-ring (bicyclic) bond motifs is 1. The Hall–Kier alpha value is -3.75. The topological polar surface area (TPSA) is 90.4 Å². The predicted octanol–water partition coefficient (Wildman–Crippen LogP) is 5.36. The maximum Gasteiger partial charge on any atom is 0.253 e. The largest absolute Gasteiger partial charge is 0.396 e. The molecule has 0 aromatic heterocycles. The third kappa shape index (κ3) is 5.63. The van der Waals surface area contributed by atoms with Gasteiger partial charge in [0.25, 0.3) is 5.91 Å². The predicted molar refractivity (Wildman–Crippen MR) is 177 cm³/mol. The van der Waals surface area contributed by atoms with Gasteiger partial charge in [0.2, 0.25) is 11.8 Å². The molecule has 1 spiro atoms. The first-order valence-corrected chi connectivity index (χ1v) is 16.2. The molecule has 3 amide bonds. The number of nitrogens with zero attached hydrogens (tertiary/aromatic N) is 3. The first-order chi connectivity index (χ1) is 21.6. The third-order valence-corrected chi connectivity index (χ3v) is 10.0. The van der Waals surface area contributed by atoms with E-state index in [1.165, 1.54) is 0 Å². The van der Waals surface area contributed by atoms with Gasteiger partial charge in [-0.1, -0.05) is 61.4 Å². The lowest BCUT2D eigenvalue weighted by Crippen LogP contribution is -2.57. The van der Waals surface area contributed by atoms with Gasteiger partial charge < -0.3 is 24.5 Å².